The molecule has 26 heavy (non-hydrogen) atoms. The fourth-order valence-corrected chi connectivity index (χ4v) is 3.45. The number of aliphatic imine (C=N–C) groups is 1. The zero-order valence-corrected chi connectivity index (χ0v) is 19.1. The average Bonchev–Trinajstić information content (AvgIpc) is 2.88. The topological polar surface area (TPSA) is 70.4 Å². The molecule has 1 aromatic rings. The molecule has 1 aliphatic rings. The molecule has 0 unspecified atom stereocenters. The van der Waals surface area contributed by atoms with Crippen LogP contribution in [0.25, 0.3) is 0 Å². The molecule has 2 rings (SSSR count). The van der Waals surface area contributed by atoms with Crippen LogP contribution in [0, 0.1) is 5.92 Å². The molecule has 1 amide bonds. The van der Waals surface area contributed by atoms with Crippen molar-refractivity contribution in [2.75, 3.05) is 20.1 Å². The number of hydrogen-bond acceptors (Lipinski definition) is 2. The van der Waals surface area contributed by atoms with Gasteiger partial charge in [0.15, 0.2) is 5.96 Å². The number of carbonyl (C=O) groups excluding carboxylic acids is 1. The zero-order valence-electron chi connectivity index (χ0n) is 15.3. The van der Waals surface area contributed by atoms with E-state index in [4.69, 9.17) is 23.2 Å². The minimum absolute atomic E-state index is 0. The number of nitrogens with one attached hydrogen (secondary N) is 3. The van der Waals surface area contributed by atoms with Crippen molar-refractivity contribution in [3.8, 4) is 0 Å². The highest BCUT2D eigenvalue weighted by atomic mass is 127. The lowest BCUT2D eigenvalue weighted by atomic mass is 9.89. The van der Waals surface area contributed by atoms with Gasteiger partial charge in [0, 0.05) is 38.8 Å². The van der Waals surface area contributed by atoms with Crippen LogP contribution < -0.4 is 16.0 Å². The standard InChI is InChI=1S/C17H27Cl2N5O.HI/c1-20-17(23-11-13-10-14(18)15(19)24(13)2)22-9-8-21-16(25)12-6-4-3-5-7-12;/h10,12H,3-9,11H2,1-2H3,(H,21,25)(H2,20,22,23);1H. The minimum atomic E-state index is 0. The molecule has 9 heteroatoms. The Labute approximate surface area is 182 Å². The van der Waals surface area contributed by atoms with Crippen molar-refractivity contribution < 1.29 is 4.79 Å². The second-order valence-corrected chi connectivity index (χ2v) is 7.08. The van der Waals surface area contributed by atoms with E-state index in [2.05, 4.69) is 20.9 Å². The Morgan fingerprint density at radius 3 is 2.42 bits per heavy atom. The molecule has 0 saturated heterocycles. The van der Waals surface area contributed by atoms with E-state index in [1.165, 1.54) is 19.3 Å². The Balaban J connectivity index is 0.00000338. The number of rotatable bonds is 6. The maximum absolute atomic E-state index is 12.1. The van der Waals surface area contributed by atoms with E-state index >= 15 is 0 Å². The van der Waals surface area contributed by atoms with E-state index in [0.29, 0.717) is 35.8 Å². The van der Waals surface area contributed by atoms with Gasteiger partial charge in [-0.25, -0.2) is 0 Å². The largest absolute Gasteiger partial charge is 0.355 e. The molecule has 148 valence electrons. The van der Waals surface area contributed by atoms with Crippen LogP contribution >= 0.6 is 47.2 Å². The molecule has 1 fully saturated rings. The normalized spacial score (nSPS) is 15.3. The number of nitrogens with zero attached hydrogens (tertiary/aromatic N) is 2. The molecule has 1 aliphatic carbocycles. The van der Waals surface area contributed by atoms with Crippen LogP contribution in [0.3, 0.4) is 0 Å². The van der Waals surface area contributed by atoms with Gasteiger partial charge in [-0.3, -0.25) is 9.79 Å². The van der Waals surface area contributed by atoms with E-state index in [-0.39, 0.29) is 35.8 Å². The Kier molecular flexibility index (Phi) is 10.7. The number of guanidine groups is 1. The quantitative estimate of drug-likeness (QED) is 0.235. The van der Waals surface area contributed by atoms with Crippen molar-refractivity contribution in [2.24, 2.45) is 18.0 Å². The molecule has 1 saturated carbocycles. The first-order chi connectivity index (χ1) is 12.0. The van der Waals surface area contributed by atoms with Gasteiger partial charge < -0.3 is 20.5 Å². The third kappa shape index (κ3) is 6.81. The summed E-state index contributed by atoms with van der Waals surface area (Å²) in [5, 5.41) is 10.5. The summed E-state index contributed by atoms with van der Waals surface area (Å²) in [4.78, 5) is 16.3. The number of aromatic nitrogens is 1. The third-order valence-corrected chi connectivity index (χ3v) is 5.41. The molecular formula is C17H28Cl2IN5O. The summed E-state index contributed by atoms with van der Waals surface area (Å²) in [5.41, 5.74) is 0.962. The van der Waals surface area contributed by atoms with Crippen LogP contribution in [0.5, 0.6) is 0 Å². The van der Waals surface area contributed by atoms with Gasteiger partial charge >= 0.3 is 0 Å². The number of amides is 1. The Hall–Kier alpha value is -0.670. The average molecular weight is 516 g/mol. The molecule has 1 heterocycles. The van der Waals surface area contributed by atoms with Crippen LogP contribution in [-0.4, -0.2) is 36.6 Å². The Morgan fingerprint density at radius 2 is 1.85 bits per heavy atom. The van der Waals surface area contributed by atoms with Crippen molar-refractivity contribution in [2.45, 2.75) is 38.6 Å². The Morgan fingerprint density at radius 1 is 1.19 bits per heavy atom. The van der Waals surface area contributed by atoms with Gasteiger partial charge in [-0.1, -0.05) is 42.5 Å². The summed E-state index contributed by atoms with van der Waals surface area (Å²) < 4.78 is 1.83. The molecule has 3 N–H and O–H groups in total. The second-order valence-electron chi connectivity index (χ2n) is 6.31. The second kappa shape index (κ2) is 11.9. The van der Waals surface area contributed by atoms with Gasteiger partial charge in [0.25, 0.3) is 0 Å². The molecule has 1 aromatic heterocycles. The SMILES string of the molecule is CN=C(NCCNC(=O)C1CCCCC1)NCc1cc(Cl)c(Cl)n1C.I. The predicted octanol–water partition coefficient (Wildman–Crippen LogP) is 3.31. The summed E-state index contributed by atoms with van der Waals surface area (Å²) in [7, 11) is 3.57. The van der Waals surface area contributed by atoms with Gasteiger partial charge in [-0.15, -0.1) is 24.0 Å². The number of hydrogen-bond donors (Lipinski definition) is 3. The van der Waals surface area contributed by atoms with Crippen LogP contribution in [0.2, 0.25) is 10.2 Å². The van der Waals surface area contributed by atoms with Crippen molar-refractivity contribution in [1.82, 2.24) is 20.5 Å². The number of carbonyl (C=O) groups is 1. The van der Waals surface area contributed by atoms with Gasteiger partial charge in [-0.2, -0.15) is 0 Å². The number of halogens is 3. The first-order valence-electron chi connectivity index (χ1n) is 8.74. The first-order valence-corrected chi connectivity index (χ1v) is 9.50. The summed E-state index contributed by atoms with van der Waals surface area (Å²) in [6.45, 7) is 1.75. The van der Waals surface area contributed by atoms with Crippen molar-refractivity contribution in [1.29, 1.82) is 0 Å². The minimum Gasteiger partial charge on any atom is -0.355 e. The van der Waals surface area contributed by atoms with Crippen LogP contribution in [0.1, 0.15) is 37.8 Å². The molecule has 0 radical (unpaired) electrons. The van der Waals surface area contributed by atoms with E-state index in [1.54, 1.807) is 7.05 Å². The molecule has 0 aliphatic heterocycles. The fraction of sp³-hybridized carbons (Fsp3) is 0.647. The predicted molar refractivity (Wildman–Crippen MR) is 119 cm³/mol. The molecule has 6 nitrogen and oxygen atoms in total. The van der Waals surface area contributed by atoms with E-state index in [9.17, 15) is 4.79 Å². The summed E-state index contributed by atoms with van der Waals surface area (Å²) >= 11 is 12.1. The zero-order chi connectivity index (χ0) is 18.2. The Bertz CT molecular complexity index is 615. The lowest BCUT2D eigenvalue weighted by Gasteiger charge is -2.21. The molecule has 0 atom stereocenters. The van der Waals surface area contributed by atoms with Crippen molar-refractivity contribution in [3.05, 3.63) is 21.9 Å². The first kappa shape index (κ1) is 23.4. The molecule has 0 aromatic carbocycles. The lowest BCUT2D eigenvalue weighted by molar-refractivity contribution is -0.125. The maximum Gasteiger partial charge on any atom is 0.223 e. The third-order valence-electron chi connectivity index (χ3n) is 4.57. The summed E-state index contributed by atoms with van der Waals surface area (Å²) in [6.07, 6.45) is 5.62. The van der Waals surface area contributed by atoms with E-state index in [1.807, 2.05) is 17.7 Å². The van der Waals surface area contributed by atoms with Gasteiger partial charge in [0.2, 0.25) is 5.91 Å². The highest BCUT2D eigenvalue weighted by Crippen LogP contribution is 2.25. The van der Waals surface area contributed by atoms with Gasteiger partial charge in [0.1, 0.15) is 5.15 Å². The molecular weight excluding hydrogens is 488 g/mol. The van der Waals surface area contributed by atoms with Crippen LogP contribution in [0.4, 0.5) is 0 Å². The van der Waals surface area contributed by atoms with Gasteiger partial charge in [-0.05, 0) is 18.9 Å². The van der Waals surface area contributed by atoms with E-state index < -0.39 is 0 Å². The monoisotopic (exact) mass is 515 g/mol. The lowest BCUT2D eigenvalue weighted by Crippen LogP contribution is -2.42. The fourth-order valence-electron chi connectivity index (χ4n) is 3.03. The summed E-state index contributed by atoms with van der Waals surface area (Å²) in [5.74, 6) is 1.04. The van der Waals surface area contributed by atoms with E-state index in [0.717, 1.165) is 18.5 Å². The summed E-state index contributed by atoms with van der Waals surface area (Å²) in [6, 6.07) is 1.83. The van der Waals surface area contributed by atoms with Crippen LogP contribution in [0.15, 0.2) is 11.1 Å². The molecule has 0 bridgehead atoms. The van der Waals surface area contributed by atoms with Crippen LogP contribution in [-0.2, 0) is 18.4 Å². The van der Waals surface area contributed by atoms with Gasteiger partial charge in [0.05, 0.1) is 11.6 Å². The van der Waals surface area contributed by atoms with Crippen molar-refractivity contribution in [3.63, 3.8) is 0 Å². The smallest absolute Gasteiger partial charge is 0.223 e. The highest BCUT2D eigenvalue weighted by molar-refractivity contribution is 14.0. The molecule has 0 spiro atoms. The maximum atomic E-state index is 12.1. The highest BCUT2D eigenvalue weighted by Gasteiger charge is 2.20. The van der Waals surface area contributed by atoms with Crippen molar-refractivity contribution >= 4 is 59.0 Å².